The average molecular weight is 1590 g/mol. The Balaban J connectivity index is 1.40. The van der Waals surface area contributed by atoms with Crippen molar-refractivity contribution in [1.82, 2.24) is 78.9 Å². The molecule has 0 radical (unpaired) electrons. The molecule has 0 aliphatic carbocycles. The van der Waals surface area contributed by atoms with E-state index in [1.54, 1.807) is 77.1 Å². The fraction of sp³-hybridized carbons (Fsp3) is 0.641. The maximum absolute atomic E-state index is 14.7. The lowest BCUT2D eigenvalue weighted by Crippen LogP contribution is -2.68. The van der Waals surface area contributed by atoms with Crippen molar-refractivity contribution in [2.24, 2.45) is 11.7 Å². The molecule has 0 bridgehead atoms. The third kappa shape index (κ3) is 26.7. The van der Waals surface area contributed by atoms with Crippen LogP contribution in [0.15, 0.2) is 60.7 Å². The van der Waals surface area contributed by atoms with Crippen molar-refractivity contribution >= 4 is 94.5 Å². The molecule has 16 amide bonds. The number of primary amides is 1. The highest BCUT2D eigenvalue weighted by Gasteiger charge is 2.51. The van der Waals surface area contributed by atoms with Gasteiger partial charge in [0.2, 0.25) is 94.5 Å². The minimum absolute atomic E-state index is 0.0180. The van der Waals surface area contributed by atoms with Gasteiger partial charge in [-0.05, 0) is 146 Å². The smallest absolute Gasteiger partial charge is 0.248 e. The summed E-state index contributed by atoms with van der Waals surface area (Å²) in [5, 5.41) is 66.1. The number of hydrogen-bond acceptors (Lipinski definition) is 19. The zero-order valence-electron chi connectivity index (χ0n) is 68.7. The number of β-amino-alcohol motifs (C(OH)–C–C–N with tert-alkyl or cyclic N) is 2. The Morgan fingerprint density at radius 2 is 0.885 bits per heavy atom. The number of likely N-dealkylation sites (tertiary alicyclic amines) is 2. The van der Waals surface area contributed by atoms with Crippen LogP contribution in [0, 0.1) is 5.92 Å². The number of aliphatic hydroxyl groups excluding tert-OH is 3. The lowest BCUT2D eigenvalue weighted by atomic mass is 9.93. The summed E-state index contributed by atoms with van der Waals surface area (Å²) in [6.45, 7) is 25.4. The zero-order chi connectivity index (χ0) is 85.9. The van der Waals surface area contributed by atoms with Crippen LogP contribution in [-0.2, 0) is 89.6 Å². The highest BCUT2D eigenvalue weighted by molar-refractivity contribution is 6.04. The van der Waals surface area contributed by atoms with Crippen molar-refractivity contribution in [3.63, 3.8) is 0 Å². The number of nitrogens with zero attached hydrogens (tertiary/aromatic N) is 2. The number of amides is 16. The molecule has 0 unspecified atom stereocenters. The first-order valence-electron chi connectivity index (χ1n) is 38.2. The quantitative estimate of drug-likeness (QED) is 0.0347. The summed E-state index contributed by atoms with van der Waals surface area (Å²) >= 11 is 0. The first kappa shape index (κ1) is 95.2. The van der Waals surface area contributed by atoms with Crippen LogP contribution in [0.4, 0.5) is 0 Å². The van der Waals surface area contributed by atoms with Crippen molar-refractivity contribution in [2.75, 3.05) is 26.2 Å². The first-order valence-corrected chi connectivity index (χ1v) is 38.2. The van der Waals surface area contributed by atoms with E-state index in [1.807, 2.05) is 18.2 Å². The van der Waals surface area contributed by atoms with Gasteiger partial charge in [0.05, 0.1) is 31.4 Å². The molecule has 0 saturated carbocycles. The first-order chi connectivity index (χ1) is 52.2. The fourth-order valence-electron chi connectivity index (χ4n) is 12.5. The van der Waals surface area contributed by atoms with E-state index < -0.39 is 220 Å². The summed E-state index contributed by atoms with van der Waals surface area (Å²) in [5.74, 6) is -13.3. The molecule has 4 rings (SSSR count). The number of nitrogens with two attached hydrogens (primary N) is 1. The van der Waals surface area contributed by atoms with Crippen molar-refractivity contribution in [3.8, 4) is 0 Å². The van der Waals surface area contributed by atoms with Gasteiger partial charge in [0.1, 0.15) is 74.5 Å². The van der Waals surface area contributed by atoms with Crippen LogP contribution in [0.25, 0.3) is 0 Å². The van der Waals surface area contributed by atoms with Crippen molar-refractivity contribution in [2.45, 2.75) is 289 Å². The Labute approximate surface area is 661 Å². The average Bonchev–Trinajstić information content (AvgIpc) is 0.971. The summed E-state index contributed by atoms with van der Waals surface area (Å²) in [5.41, 5.74) is -6.86. The standard InChI is InChI=1S/C78H122N16O19/c1-20-76(17,92-66(109)74(13,14)90-65(108)73(11,12)89-64(107)72(9,10)85-59(102)53(81-45(6)96)37-47-31-27-24-28-32-47)67(110)80-40-57(100)83-52(35-44(4)5)60(103)87-77(18,21-2)68(111)91-75(15,16)69(112)93-41-49(97)38-54(93)61(104)84-51(33-34-56(79)99)58(101)88-78(19,22-3)70(113)94-42-50(98)39-55(94)62(105)86-71(7,8)63(106)82-48(43-95)36-46-29-25-23-26-30-46/h23-32,44,48-55,95,97-98H,20-22,33-43H2,1-19H3,(H2,79,99)(H,80,110)(H,81,96)(H,82,106)(H,83,100)(H,84,104)(H,85,102)(H,86,105)(H,87,103)(H,88,101)(H,89,107)(H,90,108)(H,91,111)(H,92,109)/t48-,49+,50+,51-,52-,53-,54-,55-,76+,77+,78+/m0/s1. The molecule has 35 heteroatoms. The van der Waals surface area contributed by atoms with Gasteiger partial charge in [-0.1, -0.05) is 95.3 Å². The van der Waals surface area contributed by atoms with E-state index in [2.05, 4.69) is 69.1 Å². The summed E-state index contributed by atoms with van der Waals surface area (Å²) in [7, 11) is 0. The van der Waals surface area contributed by atoms with Gasteiger partial charge in [-0.25, -0.2) is 0 Å². The third-order valence-corrected chi connectivity index (χ3v) is 20.4. The zero-order valence-corrected chi connectivity index (χ0v) is 68.7. The molecular formula is C78H122N16O19. The second-order valence-corrected chi connectivity index (χ2v) is 33.2. The van der Waals surface area contributed by atoms with Gasteiger partial charge in [-0.2, -0.15) is 0 Å². The van der Waals surface area contributed by atoms with Crippen LogP contribution in [0.2, 0.25) is 0 Å². The molecule has 18 N–H and O–H groups in total. The number of aliphatic hydroxyl groups is 3. The Kier molecular flexibility index (Phi) is 33.3. The minimum atomic E-state index is -1.90. The largest absolute Gasteiger partial charge is 0.394 e. The van der Waals surface area contributed by atoms with Crippen LogP contribution in [0.3, 0.4) is 0 Å². The molecule has 11 atom stereocenters. The fourth-order valence-corrected chi connectivity index (χ4v) is 12.5. The Morgan fingerprint density at radius 1 is 0.460 bits per heavy atom. The predicted octanol–water partition coefficient (Wildman–Crippen LogP) is -1.90. The molecule has 628 valence electrons. The second-order valence-electron chi connectivity index (χ2n) is 33.2. The predicted molar refractivity (Wildman–Crippen MR) is 416 cm³/mol. The maximum atomic E-state index is 14.7. The number of benzene rings is 2. The Bertz CT molecular complexity index is 3820. The number of carbonyl (C=O) groups is 16. The topological polar surface area (TPSA) is 523 Å². The highest BCUT2D eigenvalue weighted by Crippen LogP contribution is 2.28. The third-order valence-electron chi connectivity index (χ3n) is 20.4. The Morgan fingerprint density at radius 3 is 1.36 bits per heavy atom. The Hall–Kier alpha value is -10.2. The van der Waals surface area contributed by atoms with Crippen molar-refractivity contribution < 1.29 is 92.0 Å². The summed E-state index contributed by atoms with van der Waals surface area (Å²) in [4.78, 5) is 224. The highest BCUT2D eigenvalue weighted by atomic mass is 16.3. The number of nitrogens with one attached hydrogen (secondary N) is 13. The van der Waals surface area contributed by atoms with E-state index in [0.29, 0.717) is 0 Å². The van der Waals surface area contributed by atoms with Crippen LogP contribution in [0.5, 0.6) is 0 Å². The SMILES string of the molecule is CC[C@@](C)(NC(=O)[C@H](CC(C)C)NC(=O)CNC(=O)[C@@](C)(CC)NC(=O)C(C)(C)NC(=O)C(C)(C)NC(=O)C(C)(C)NC(=O)[C@H](Cc1ccccc1)NC(C)=O)C(=O)NC(C)(C)C(=O)N1C[C@H](O)C[C@H]1C(=O)N[C@@H](CCC(N)=O)C(=O)N[C@](C)(CC)C(=O)N1C[C@H](O)C[C@H]1C(=O)NC(C)(C)C(=O)N[C@H](CO)Cc1ccccc1. The van der Waals surface area contributed by atoms with E-state index in [-0.39, 0.29) is 63.8 Å². The van der Waals surface area contributed by atoms with Gasteiger partial charge in [-0.15, -0.1) is 0 Å². The number of hydrogen-bond donors (Lipinski definition) is 17. The summed E-state index contributed by atoms with van der Waals surface area (Å²) < 4.78 is 0. The number of rotatable bonds is 40. The van der Waals surface area contributed by atoms with E-state index in [0.717, 1.165) is 20.9 Å². The van der Waals surface area contributed by atoms with Gasteiger partial charge in [0.15, 0.2) is 0 Å². The molecule has 2 fully saturated rings. The molecular weight excluding hydrogens is 1460 g/mol. The van der Waals surface area contributed by atoms with Gasteiger partial charge < -0.3 is 100.0 Å². The van der Waals surface area contributed by atoms with E-state index in [4.69, 9.17) is 5.73 Å². The van der Waals surface area contributed by atoms with E-state index >= 15 is 0 Å². The molecule has 2 heterocycles. The normalized spacial score (nSPS) is 18.6. The summed E-state index contributed by atoms with van der Waals surface area (Å²) in [6, 6.07) is 10.4. The molecule has 2 aromatic rings. The van der Waals surface area contributed by atoms with Crippen LogP contribution >= 0.6 is 0 Å². The summed E-state index contributed by atoms with van der Waals surface area (Å²) in [6.07, 6.45) is -3.87. The molecule has 2 aromatic carbocycles. The van der Waals surface area contributed by atoms with E-state index in [1.165, 1.54) is 96.9 Å². The van der Waals surface area contributed by atoms with E-state index in [9.17, 15) is 92.0 Å². The number of carbonyl (C=O) groups excluding carboxylic acids is 16. The molecule has 113 heavy (non-hydrogen) atoms. The second kappa shape index (κ2) is 39.5. The van der Waals surface area contributed by atoms with Gasteiger partial charge in [-0.3, -0.25) is 76.7 Å². The van der Waals surface area contributed by atoms with Crippen molar-refractivity contribution in [1.29, 1.82) is 0 Å². The van der Waals surface area contributed by atoms with Crippen LogP contribution in [0.1, 0.15) is 194 Å². The van der Waals surface area contributed by atoms with Gasteiger partial charge in [0.25, 0.3) is 0 Å². The van der Waals surface area contributed by atoms with Gasteiger partial charge in [0, 0.05) is 45.7 Å². The molecule has 2 aliphatic heterocycles. The molecule has 2 aliphatic rings. The maximum Gasteiger partial charge on any atom is 0.248 e. The minimum Gasteiger partial charge on any atom is -0.394 e. The van der Waals surface area contributed by atoms with Gasteiger partial charge >= 0.3 is 0 Å². The van der Waals surface area contributed by atoms with Crippen molar-refractivity contribution in [3.05, 3.63) is 71.8 Å². The monoisotopic (exact) mass is 1590 g/mol. The van der Waals surface area contributed by atoms with Crippen LogP contribution in [-0.4, -0.2) is 239 Å². The molecule has 0 spiro atoms. The molecule has 35 nitrogen and oxygen atoms in total. The lowest BCUT2D eigenvalue weighted by Gasteiger charge is -2.38. The molecule has 2 saturated heterocycles. The molecule has 0 aromatic heterocycles. The van der Waals surface area contributed by atoms with Crippen LogP contribution < -0.4 is 74.9 Å². The lowest BCUT2D eigenvalue weighted by molar-refractivity contribution is -0.147.